The Kier molecular flexibility index (Phi) is 8.37. The monoisotopic (exact) mass is 412 g/mol. The summed E-state index contributed by atoms with van der Waals surface area (Å²) in [6.07, 6.45) is 0. The summed E-state index contributed by atoms with van der Waals surface area (Å²) in [6.45, 7) is 3.21. The lowest BCUT2D eigenvalue weighted by atomic mass is 10.2. The molecule has 0 aromatic heterocycles. The fourth-order valence-corrected chi connectivity index (χ4v) is 2.40. The standard InChI is InChI=1S/C21H24N4O5/c1-3-22-19(27)15-8-7-11-17(12-15)24-18(26)13-30-20(28)14(2)23-21(29)25-16-9-5-4-6-10-16/h4-12,14H,3,13H2,1-2H3,(H,22,27)(H,24,26)(H2,23,25,29)/t14-/m0/s1. The lowest BCUT2D eigenvalue weighted by Gasteiger charge is -2.14. The summed E-state index contributed by atoms with van der Waals surface area (Å²) < 4.78 is 4.93. The van der Waals surface area contributed by atoms with Crippen LogP contribution in [0.1, 0.15) is 24.2 Å². The lowest BCUT2D eigenvalue weighted by molar-refractivity contribution is -0.148. The van der Waals surface area contributed by atoms with Gasteiger partial charge in [0.1, 0.15) is 6.04 Å². The summed E-state index contributed by atoms with van der Waals surface area (Å²) in [7, 11) is 0. The number of carbonyl (C=O) groups excluding carboxylic acids is 4. The van der Waals surface area contributed by atoms with Gasteiger partial charge in [-0.2, -0.15) is 0 Å². The molecule has 0 radical (unpaired) electrons. The van der Waals surface area contributed by atoms with Gasteiger partial charge in [0.15, 0.2) is 6.61 Å². The molecule has 2 aromatic carbocycles. The molecule has 0 bridgehead atoms. The molecule has 4 amide bonds. The number of hydrogen-bond donors (Lipinski definition) is 4. The number of nitrogens with one attached hydrogen (secondary N) is 4. The molecule has 0 aliphatic rings. The second kappa shape index (κ2) is 11.2. The molecule has 1 atom stereocenters. The molecular formula is C21H24N4O5. The lowest BCUT2D eigenvalue weighted by Crippen LogP contribution is -2.42. The average Bonchev–Trinajstić information content (AvgIpc) is 2.73. The van der Waals surface area contributed by atoms with Crippen molar-refractivity contribution in [1.82, 2.24) is 10.6 Å². The van der Waals surface area contributed by atoms with Crippen molar-refractivity contribution in [2.75, 3.05) is 23.8 Å². The molecular weight excluding hydrogens is 388 g/mol. The summed E-state index contributed by atoms with van der Waals surface area (Å²) >= 11 is 0. The minimum Gasteiger partial charge on any atom is -0.454 e. The number of carbonyl (C=O) groups is 4. The van der Waals surface area contributed by atoms with Crippen LogP contribution >= 0.6 is 0 Å². The van der Waals surface area contributed by atoms with E-state index in [1.807, 2.05) is 6.07 Å². The Hall–Kier alpha value is -3.88. The number of esters is 1. The van der Waals surface area contributed by atoms with E-state index >= 15 is 0 Å². The highest BCUT2D eigenvalue weighted by atomic mass is 16.5. The zero-order valence-corrected chi connectivity index (χ0v) is 16.7. The van der Waals surface area contributed by atoms with Gasteiger partial charge in [0.05, 0.1) is 0 Å². The van der Waals surface area contributed by atoms with Crippen LogP contribution in [0, 0.1) is 0 Å². The number of benzene rings is 2. The predicted octanol–water partition coefficient (Wildman–Crippen LogP) is 2.13. The van der Waals surface area contributed by atoms with Gasteiger partial charge in [-0.05, 0) is 44.2 Å². The third kappa shape index (κ3) is 7.27. The third-order valence-electron chi connectivity index (χ3n) is 3.82. The SMILES string of the molecule is CCNC(=O)c1cccc(NC(=O)COC(=O)[C@H](C)NC(=O)Nc2ccccc2)c1. The summed E-state index contributed by atoms with van der Waals surface area (Å²) in [4.78, 5) is 47.8. The highest BCUT2D eigenvalue weighted by molar-refractivity contribution is 5.98. The third-order valence-corrected chi connectivity index (χ3v) is 3.82. The highest BCUT2D eigenvalue weighted by Crippen LogP contribution is 2.10. The molecule has 0 saturated heterocycles. The largest absolute Gasteiger partial charge is 0.454 e. The number of hydrogen-bond acceptors (Lipinski definition) is 5. The molecule has 0 aliphatic heterocycles. The predicted molar refractivity (Wildman–Crippen MR) is 112 cm³/mol. The Morgan fingerprint density at radius 2 is 1.63 bits per heavy atom. The first-order chi connectivity index (χ1) is 14.4. The number of urea groups is 1. The van der Waals surface area contributed by atoms with Crippen LogP contribution in [0.4, 0.5) is 16.2 Å². The minimum atomic E-state index is -0.956. The van der Waals surface area contributed by atoms with Crippen molar-refractivity contribution in [2.24, 2.45) is 0 Å². The quantitative estimate of drug-likeness (QED) is 0.494. The van der Waals surface area contributed by atoms with Gasteiger partial charge in [-0.1, -0.05) is 24.3 Å². The van der Waals surface area contributed by atoms with Gasteiger partial charge in [-0.15, -0.1) is 0 Å². The van der Waals surface area contributed by atoms with Crippen molar-refractivity contribution in [1.29, 1.82) is 0 Å². The van der Waals surface area contributed by atoms with Crippen molar-refractivity contribution in [3.05, 3.63) is 60.2 Å². The van der Waals surface area contributed by atoms with Crippen LogP contribution in [0.5, 0.6) is 0 Å². The molecule has 2 rings (SSSR count). The van der Waals surface area contributed by atoms with Crippen molar-refractivity contribution in [3.63, 3.8) is 0 Å². The zero-order valence-electron chi connectivity index (χ0n) is 16.7. The van der Waals surface area contributed by atoms with Gasteiger partial charge in [0, 0.05) is 23.5 Å². The molecule has 0 aliphatic carbocycles. The fraction of sp³-hybridized carbons (Fsp3) is 0.238. The summed E-state index contributed by atoms with van der Waals surface area (Å²) in [5.41, 5.74) is 1.37. The normalized spacial score (nSPS) is 11.0. The minimum absolute atomic E-state index is 0.256. The van der Waals surface area contributed by atoms with E-state index in [0.717, 1.165) is 0 Å². The Morgan fingerprint density at radius 3 is 2.33 bits per heavy atom. The van der Waals surface area contributed by atoms with Gasteiger partial charge in [-0.3, -0.25) is 9.59 Å². The van der Waals surface area contributed by atoms with Gasteiger partial charge in [-0.25, -0.2) is 9.59 Å². The van der Waals surface area contributed by atoms with E-state index in [1.54, 1.807) is 49.4 Å². The Labute approximate surface area is 174 Å². The summed E-state index contributed by atoms with van der Waals surface area (Å²) in [5.74, 6) is -1.59. The van der Waals surface area contributed by atoms with Crippen LogP contribution in [0.2, 0.25) is 0 Å². The van der Waals surface area contributed by atoms with Gasteiger partial charge in [0.2, 0.25) is 0 Å². The van der Waals surface area contributed by atoms with Crippen LogP contribution in [-0.4, -0.2) is 43.0 Å². The van der Waals surface area contributed by atoms with Crippen molar-refractivity contribution in [2.45, 2.75) is 19.9 Å². The fourth-order valence-electron chi connectivity index (χ4n) is 2.40. The molecule has 9 nitrogen and oxygen atoms in total. The van der Waals surface area contributed by atoms with Crippen LogP contribution in [-0.2, 0) is 14.3 Å². The molecule has 2 aromatic rings. The topological polar surface area (TPSA) is 126 Å². The number of ether oxygens (including phenoxy) is 1. The first kappa shape index (κ1) is 22.4. The number of amides is 4. The number of rotatable bonds is 8. The highest BCUT2D eigenvalue weighted by Gasteiger charge is 2.18. The molecule has 0 unspecified atom stereocenters. The Morgan fingerprint density at radius 1 is 0.933 bits per heavy atom. The van der Waals surface area contributed by atoms with Crippen LogP contribution in [0.25, 0.3) is 0 Å². The van der Waals surface area contributed by atoms with E-state index in [-0.39, 0.29) is 5.91 Å². The Balaban J connectivity index is 1.78. The Bertz CT molecular complexity index is 901. The van der Waals surface area contributed by atoms with Crippen molar-refractivity contribution in [3.8, 4) is 0 Å². The first-order valence-electron chi connectivity index (χ1n) is 9.36. The molecule has 9 heteroatoms. The number of para-hydroxylation sites is 1. The zero-order chi connectivity index (χ0) is 21.9. The molecule has 30 heavy (non-hydrogen) atoms. The van der Waals surface area contributed by atoms with E-state index in [4.69, 9.17) is 4.74 Å². The maximum atomic E-state index is 12.0. The molecule has 4 N–H and O–H groups in total. The smallest absolute Gasteiger partial charge is 0.328 e. The number of anilines is 2. The summed E-state index contributed by atoms with van der Waals surface area (Å²) in [6, 6.07) is 13.6. The second-order valence-electron chi connectivity index (χ2n) is 6.28. The summed E-state index contributed by atoms with van der Waals surface area (Å²) in [5, 5.41) is 10.2. The van der Waals surface area contributed by atoms with Crippen molar-refractivity contribution < 1.29 is 23.9 Å². The van der Waals surface area contributed by atoms with Crippen LogP contribution < -0.4 is 21.3 Å². The molecule has 0 spiro atoms. The second-order valence-corrected chi connectivity index (χ2v) is 6.28. The van der Waals surface area contributed by atoms with E-state index in [9.17, 15) is 19.2 Å². The van der Waals surface area contributed by atoms with Gasteiger partial charge < -0.3 is 26.0 Å². The molecule has 0 fully saturated rings. The average molecular weight is 412 g/mol. The van der Waals surface area contributed by atoms with E-state index in [2.05, 4.69) is 21.3 Å². The maximum Gasteiger partial charge on any atom is 0.328 e. The van der Waals surface area contributed by atoms with E-state index < -0.39 is 30.6 Å². The van der Waals surface area contributed by atoms with Gasteiger partial charge >= 0.3 is 12.0 Å². The molecule has 0 saturated carbocycles. The van der Waals surface area contributed by atoms with E-state index in [0.29, 0.717) is 23.5 Å². The van der Waals surface area contributed by atoms with Crippen LogP contribution in [0.15, 0.2) is 54.6 Å². The van der Waals surface area contributed by atoms with Crippen LogP contribution in [0.3, 0.4) is 0 Å². The molecule has 158 valence electrons. The maximum absolute atomic E-state index is 12.0. The van der Waals surface area contributed by atoms with Gasteiger partial charge in [0.25, 0.3) is 11.8 Å². The first-order valence-corrected chi connectivity index (χ1v) is 9.36. The van der Waals surface area contributed by atoms with Crippen molar-refractivity contribution >= 4 is 35.2 Å². The van der Waals surface area contributed by atoms with E-state index in [1.165, 1.54) is 13.0 Å². The molecule has 0 heterocycles.